The molecule has 0 N–H and O–H groups in total. The molecule has 0 amide bonds. The van der Waals surface area contributed by atoms with Gasteiger partial charge in [0.05, 0.1) is 0 Å². The Bertz CT molecular complexity index is 246. The van der Waals surface area contributed by atoms with Gasteiger partial charge in [0, 0.05) is 19.1 Å². The van der Waals surface area contributed by atoms with E-state index in [9.17, 15) is 8.42 Å². The van der Waals surface area contributed by atoms with E-state index >= 15 is 0 Å². The predicted octanol–water partition coefficient (Wildman–Crippen LogP) is -0.0856. The van der Waals surface area contributed by atoms with Crippen LogP contribution in [0.4, 0.5) is 0 Å². The molecule has 72 valence electrons. The Morgan fingerprint density at radius 3 is 2.33 bits per heavy atom. The maximum Gasteiger partial charge on any atom is 0.224 e. The molecule has 12 heavy (non-hydrogen) atoms. The molecule has 1 aliphatic heterocycles. The Morgan fingerprint density at radius 2 is 2.00 bits per heavy atom. The van der Waals surface area contributed by atoms with Crippen molar-refractivity contribution in [1.82, 2.24) is 9.21 Å². The summed E-state index contributed by atoms with van der Waals surface area (Å²) in [4.78, 5) is 2.04. The third kappa shape index (κ3) is 1.99. The van der Waals surface area contributed by atoms with Gasteiger partial charge in [-0.15, -0.1) is 0 Å². The van der Waals surface area contributed by atoms with Gasteiger partial charge in [-0.1, -0.05) is 15.9 Å². The fourth-order valence-corrected chi connectivity index (χ4v) is 2.84. The van der Waals surface area contributed by atoms with E-state index in [0.717, 1.165) is 0 Å². The summed E-state index contributed by atoms with van der Waals surface area (Å²) in [5.41, 5.74) is 0. The van der Waals surface area contributed by atoms with Crippen LogP contribution in [0.15, 0.2) is 0 Å². The molecule has 0 aromatic heterocycles. The number of hydrogen-bond acceptors (Lipinski definition) is 3. The second kappa shape index (κ2) is 3.61. The Morgan fingerprint density at radius 1 is 1.50 bits per heavy atom. The molecule has 0 atom stereocenters. The Balaban J connectivity index is 2.45. The average Bonchev–Trinajstić information content (AvgIpc) is 1.82. The monoisotopic (exact) mass is 256 g/mol. The molecule has 0 spiro atoms. The van der Waals surface area contributed by atoms with E-state index in [1.807, 2.05) is 19.0 Å². The van der Waals surface area contributed by atoms with E-state index in [0.29, 0.717) is 19.1 Å². The average molecular weight is 257 g/mol. The lowest BCUT2D eigenvalue weighted by Crippen LogP contribution is -2.59. The molecule has 0 bridgehead atoms. The van der Waals surface area contributed by atoms with E-state index in [1.54, 1.807) is 0 Å². The van der Waals surface area contributed by atoms with Crippen LogP contribution in [0, 0.1) is 0 Å². The number of nitrogens with zero attached hydrogens (tertiary/aromatic N) is 2. The topological polar surface area (TPSA) is 40.6 Å². The maximum atomic E-state index is 11.2. The number of likely N-dealkylation sites (N-methyl/N-ethyl adjacent to an activating group) is 1. The first-order valence-corrected chi connectivity index (χ1v) is 6.40. The second-order valence-electron chi connectivity index (χ2n) is 3.16. The smallest absolute Gasteiger partial charge is 0.224 e. The molecule has 1 rings (SSSR count). The van der Waals surface area contributed by atoms with Crippen LogP contribution >= 0.6 is 15.9 Å². The third-order valence-corrected chi connectivity index (χ3v) is 5.19. The minimum atomic E-state index is -3.00. The molecular formula is C6H13BrN2O2S. The van der Waals surface area contributed by atoms with Crippen LogP contribution in [-0.4, -0.2) is 55.5 Å². The van der Waals surface area contributed by atoms with Crippen LogP contribution in [0.1, 0.15) is 0 Å². The lowest BCUT2D eigenvalue weighted by Gasteiger charge is -2.41. The second-order valence-corrected chi connectivity index (χ2v) is 6.43. The van der Waals surface area contributed by atoms with Crippen LogP contribution in [-0.2, 0) is 10.0 Å². The summed E-state index contributed by atoms with van der Waals surface area (Å²) < 4.78 is 23.9. The van der Waals surface area contributed by atoms with Gasteiger partial charge in [-0.2, -0.15) is 4.31 Å². The van der Waals surface area contributed by atoms with Crippen molar-refractivity contribution in [3.05, 3.63) is 0 Å². The van der Waals surface area contributed by atoms with Crippen molar-refractivity contribution in [2.75, 3.05) is 31.8 Å². The standard InChI is InChI=1S/C6H13BrN2O2S/c1-8(2)6-3-9(4-6)12(10,11)5-7/h6H,3-5H2,1-2H3. The van der Waals surface area contributed by atoms with E-state index in [1.165, 1.54) is 4.31 Å². The molecule has 1 aliphatic rings. The predicted molar refractivity (Wildman–Crippen MR) is 51.8 cm³/mol. The lowest BCUT2D eigenvalue weighted by molar-refractivity contribution is 0.134. The highest BCUT2D eigenvalue weighted by molar-refractivity contribution is 9.10. The van der Waals surface area contributed by atoms with E-state index in [4.69, 9.17) is 0 Å². The Hall–Kier alpha value is 0.350. The first-order valence-electron chi connectivity index (χ1n) is 3.67. The normalized spacial score (nSPS) is 21.3. The number of alkyl halides is 1. The van der Waals surface area contributed by atoms with Crippen LogP contribution < -0.4 is 0 Å². The van der Waals surface area contributed by atoms with Crippen molar-refractivity contribution in [3.63, 3.8) is 0 Å². The SMILES string of the molecule is CN(C)C1CN(S(=O)(=O)CBr)C1. The number of hydrogen-bond donors (Lipinski definition) is 0. The van der Waals surface area contributed by atoms with Crippen LogP contribution in [0.2, 0.25) is 0 Å². The zero-order valence-electron chi connectivity index (χ0n) is 7.20. The van der Waals surface area contributed by atoms with Gasteiger partial charge < -0.3 is 4.90 Å². The molecule has 1 fully saturated rings. The third-order valence-electron chi connectivity index (χ3n) is 2.09. The summed E-state index contributed by atoms with van der Waals surface area (Å²) >= 11 is 2.96. The van der Waals surface area contributed by atoms with E-state index in [-0.39, 0.29) is 4.66 Å². The van der Waals surface area contributed by atoms with Gasteiger partial charge >= 0.3 is 0 Å². The molecule has 4 nitrogen and oxygen atoms in total. The number of sulfonamides is 1. The van der Waals surface area contributed by atoms with Gasteiger partial charge in [0.15, 0.2) is 0 Å². The van der Waals surface area contributed by atoms with Crippen molar-refractivity contribution < 1.29 is 8.42 Å². The lowest BCUT2D eigenvalue weighted by atomic mass is 10.2. The minimum absolute atomic E-state index is 0.0279. The van der Waals surface area contributed by atoms with Gasteiger partial charge in [-0.05, 0) is 14.1 Å². The highest BCUT2D eigenvalue weighted by Gasteiger charge is 2.35. The fraction of sp³-hybridized carbons (Fsp3) is 1.00. The molecule has 0 unspecified atom stereocenters. The fourth-order valence-electron chi connectivity index (χ4n) is 1.04. The molecule has 0 aromatic rings. The first kappa shape index (κ1) is 10.4. The van der Waals surface area contributed by atoms with Crippen molar-refractivity contribution >= 4 is 26.0 Å². The summed E-state index contributed by atoms with van der Waals surface area (Å²) in [7, 11) is 0.918. The highest BCUT2D eigenvalue weighted by Crippen LogP contribution is 2.17. The zero-order chi connectivity index (χ0) is 9.35. The largest absolute Gasteiger partial charge is 0.304 e. The van der Waals surface area contributed by atoms with Gasteiger partial charge in [-0.25, -0.2) is 8.42 Å². The molecular weight excluding hydrogens is 244 g/mol. The molecule has 0 aromatic carbocycles. The van der Waals surface area contributed by atoms with Gasteiger partial charge in [0.25, 0.3) is 0 Å². The number of rotatable bonds is 3. The molecule has 1 saturated heterocycles. The number of halogens is 1. The van der Waals surface area contributed by atoms with Gasteiger partial charge in [-0.3, -0.25) is 0 Å². The summed E-state index contributed by atoms with van der Waals surface area (Å²) in [5, 5.41) is 0. The van der Waals surface area contributed by atoms with Crippen molar-refractivity contribution in [1.29, 1.82) is 0 Å². The molecule has 0 radical (unpaired) electrons. The molecule has 6 heteroatoms. The minimum Gasteiger partial charge on any atom is -0.304 e. The van der Waals surface area contributed by atoms with Crippen LogP contribution in [0.5, 0.6) is 0 Å². The van der Waals surface area contributed by atoms with Crippen LogP contribution in [0.3, 0.4) is 0 Å². The highest BCUT2D eigenvalue weighted by atomic mass is 79.9. The summed E-state index contributed by atoms with van der Waals surface area (Å²) in [6.45, 7) is 1.25. The summed E-state index contributed by atoms with van der Waals surface area (Å²) in [6.07, 6.45) is 0. The van der Waals surface area contributed by atoms with Crippen molar-refractivity contribution in [2.45, 2.75) is 6.04 Å². The van der Waals surface area contributed by atoms with E-state index in [2.05, 4.69) is 15.9 Å². The molecule has 0 saturated carbocycles. The van der Waals surface area contributed by atoms with Crippen molar-refractivity contribution in [3.8, 4) is 0 Å². The summed E-state index contributed by atoms with van der Waals surface area (Å²) in [6, 6.07) is 0.388. The Kier molecular flexibility index (Phi) is 3.14. The molecule has 0 aliphatic carbocycles. The van der Waals surface area contributed by atoms with E-state index < -0.39 is 10.0 Å². The quantitative estimate of drug-likeness (QED) is 0.664. The zero-order valence-corrected chi connectivity index (χ0v) is 9.60. The van der Waals surface area contributed by atoms with Gasteiger partial charge in [0.2, 0.25) is 10.0 Å². The van der Waals surface area contributed by atoms with Crippen molar-refractivity contribution in [2.24, 2.45) is 0 Å². The molecule has 1 heterocycles. The Labute approximate surface area is 81.7 Å². The first-order chi connectivity index (χ1) is 5.47. The van der Waals surface area contributed by atoms with Gasteiger partial charge in [0.1, 0.15) is 4.66 Å². The van der Waals surface area contributed by atoms with Crippen LogP contribution in [0.25, 0.3) is 0 Å². The summed E-state index contributed by atoms with van der Waals surface area (Å²) in [5.74, 6) is 0. The maximum absolute atomic E-state index is 11.2.